The van der Waals surface area contributed by atoms with Crippen LogP contribution in [0.25, 0.3) is 0 Å². The molecule has 0 aromatic heterocycles. The Bertz CT molecular complexity index is 706. The van der Waals surface area contributed by atoms with Crippen LogP contribution in [-0.2, 0) is 19.5 Å². The van der Waals surface area contributed by atoms with Gasteiger partial charge in [0.25, 0.3) is 0 Å². The second kappa shape index (κ2) is 9.70. The van der Waals surface area contributed by atoms with E-state index in [2.05, 4.69) is 64.9 Å². The summed E-state index contributed by atoms with van der Waals surface area (Å²) >= 11 is 5.42. The van der Waals surface area contributed by atoms with Crippen LogP contribution in [0.15, 0.2) is 48.5 Å². The fourth-order valence-corrected chi connectivity index (χ4v) is 3.55. The SMILES string of the molecule is CCc1cccc(NC(=S)NCc2ccc(CN3CCCCC3)cc2)c1. The van der Waals surface area contributed by atoms with E-state index in [1.54, 1.807) is 0 Å². The van der Waals surface area contributed by atoms with Crippen molar-refractivity contribution in [2.45, 2.75) is 45.7 Å². The van der Waals surface area contributed by atoms with Gasteiger partial charge < -0.3 is 10.6 Å². The lowest BCUT2D eigenvalue weighted by Gasteiger charge is -2.26. The van der Waals surface area contributed by atoms with Crippen molar-refractivity contribution in [2.75, 3.05) is 18.4 Å². The van der Waals surface area contributed by atoms with Gasteiger partial charge in [0, 0.05) is 18.8 Å². The molecule has 2 aromatic carbocycles. The van der Waals surface area contributed by atoms with Crippen molar-refractivity contribution in [1.82, 2.24) is 10.2 Å². The Hall–Kier alpha value is -1.91. The first-order valence-electron chi connectivity index (χ1n) is 9.67. The fourth-order valence-electron chi connectivity index (χ4n) is 3.36. The average Bonchev–Trinajstić information content (AvgIpc) is 2.68. The zero-order valence-electron chi connectivity index (χ0n) is 15.6. The molecule has 1 heterocycles. The summed E-state index contributed by atoms with van der Waals surface area (Å²) in [7, 11) is 0. The van der Waals surface area contributed by atoms with Crippen molar-refractivity contribution < 1.29 is 0 Å². The maximum Gasteiger partial charge on any atom is 0.171 e. The van der Waals surface area contributed by atoms with Crippen LogP contribution in [0.1, 0.15) is 42.9 Å². The van der Waals surface area contributed by atoms with Crippen LogP contribution in [0.2, 0.25) is 0 Å². The Balaban J connectivity index is 1.45. The van der Waals surface area contributed by atoms with E-state index in [0.29, 0.717) is 5.11 Å². The zero-order chi connectivity index (χ0) is 18.2. The number of anilines is 1. The molecule has 1 aliphatic heterocycles. The number of hydrogen-bond acceptors (Lipinski definition) is 2. The van der Waals surface area contributed by atoms with Gasteiger partial charge in [-0.3, -0.25) is 4.90 Å². The van der Waals surface area contributed by atoms with Crippen LogP contribution in [-0.4, -0.2) is 23.1 Å². The second-order valence-corrected chi connectivity index (χ2v) is 7.42. The van der Waals surface area contributed by atoms with Gasteiger partial charge in [-0.25, -0.2) is 0 Å². The van der Waals surface area contributed by atoms with Crippen molar-refractivity contribution in [2.24, 2.45) is 0 Å². The summed E-state index contributed by atoms with van der Waals surface area (Å²) in [5.74, 6) is 0. The molecule has 0 bridgehead atoms. The lowest BCUT2D eigenvalue weighted by Crippen LogP contribution is -2.29. The van der Waals surface area contributed by atoms with Gasteiger partial charge in [-0.1, -0.05) is 49.7 Å². The number of hydrogen-bond donors (Lipinski definition) is 2. The summed E-state index contributed by atoms with van der Waals surface area (Å²) in [6.07, 6.45) is 5.10. The molecule has 26 heavy (non-hydrogen) atoms. The first kappa shape index (κ1) is 18.9. The maximum absolute atomic E-state index is 5.42. The van der Waals surface area contributed by atoms with Crippen LogP contribution in [0.4, 0.5) is 5.69 Å². The molecule has 0 aliphatic carbocycles. The summed E-state index contributed by atoms with van der Waals surface area (Å²) in [4.78, 5) is 2.56. The largest absolute Gasteiger partial charge is 0.358 e. The average molecular weight is 368 g/mol. The first-order chi connectivity index (χ1) is 12.7. The van der Waals surface area contributed by atoms with Gasteiger partial charge in [-0.2, -0.15) is 0 Å². The van der Waals surface area contributed by atoms with E-state index >= 15 is 0 Å². The molecular formula is C22H29N3S. The third-order valence-electron chi connectivity index (χ3n) is 4.92. The smallest absolute Gasteiger partial charge is 0.171 e. The van der Waals surface area contributed by atoms with Crippen LogP contribution < -0.4 is 10.6 Å². The zero-order valence-corrected chi connectivity index (χ0v) is 16.4. The Morgan fingerprint density at radius 3 is 2.42 bits per heavy atom. The van der Waals surface area contributed by atoms with Gasteiger partial charge in [0.1, 0.15) is 0 Å². The molecule has 138 valence electrons. The minimum Gasteiger partial charge on any atom is -0.358 e. The Labute approximate surface area is 162 Å². The number of thiocarbonyl (C=S) groups is 1. The van der Waals surface area contributed by atoms with Crippen molar-refractivity contribution in [3.8, 4) is 0 Å². The number of benzene rings is 2. The van der Waals surface area contributed by atoms with Gasteiger partial charge in [-0.05, 0) is 73.4 Å². The fraction of sp³-hybridized carbons (Fsp3) is 0.409. The number of piperidine rings is 1. The molecule has 0 unspecified atom stereocenters. The first-order valence-corrected chi connectivity index (χ1v) is 10.1. The molecule has 0 saturated carbocycles. The Morgan fingerprint density at radius 2 is 1.69 bits per heavy atom. The van der Waals surface area contributed by atoms with Crippen LogP contribution in [0.3, 0.4) is 0 Å². The molecule has 3 nitrogen and oxygen atoms in total. The highest BCUT2D eigenvalue weighted by atomic mass is 32.1. The summed E-state index contributed by atoms with van der Waals surface area (Å²) in [5, 5.41) is 7.22. The predicted octanol–water partition coefficient (Wildman–Crippen LogP) is 4.72. The number of nitrogens with one attached hydrogen (secondary N) is 2. The standard InChI is InChI=1S/C22H29N3S/c1-2-18-7-6-8-21(15-18)24-22(26)23-16-19-9-11-20(12-10-19)17-25-13-4-3-5-14-25/h6-12,15H,2-5,13-14,16-17H2,1H3,(H2,23,24,26). The molecule has 1 fully saturated rings. The third kappa shape index (κ3) is 5.82. The van der Waals surface area contributed by atoms with E-state index in [9.17, 15) is 0 Å². The van der Waals surface area contributed by atoms with E-state index in [0.717, 1.165) is 25.2 Å². The summed E-state index contributed by atoms with van der Waals surface area (Å²) in [6, 6.07) is 17.3. The molecule has 1 aliphatic rings. The Kier molecular flexibility index (Phi) is 7.04. The topological polar surface area (TPSA) is 27.3 Å². The molecule has 1 saturated heterocycles. The maximum atomic E-state index is 5.42. The lowest BCUT2D eigenvalue weighted by molar-refractivity contribution is 0.221. The molecule has 4 heteroatoms. The van der Waals surface area contributed by atoms with Gasteiger partial charge in [0.05, 0.1) is 0 Å². The van der Waals surface area contributed by atoms with E-state index in [1.807, 2.05) is 6.07 Å². The predicted molar refractivity (Wildman–Crippen MR) is 114 cm³/mol. The molecular weight excluding hydrogens is 338 g/mol. The van der Waals surface area contributed by atoms with E-state index in [1.165, 1.54) is 49.0 Å². The van der Waals surface area contributed by atoms with Gasteiger partial charge in [-0.15, -0.1) is 0 Å². The van der Waals surface area contributed by atoms with Gasteiger partial charge >= 0.3 is 0 Å². The van der Waals surface area contributed by atoms with E-state index in [-0.39, 0.29) is 0 Å². The number of rotatable bonds is 6. The lowest BCUT2D eigenvalue weighted by atomic mass is 10.1. The monoisotopic (exact) mass is 367 g/mol. The van der Waals surface area contributed by atoms with Crippen LogP contribution in [0, 0.1) is 0 Å². The number of likely N-dealkylation sites (tertiary alicyclic amines) is 1. The van der Waals surface area contributed by atoms with E-state index < -0.39 is 0 Å². The second-order valence-electron chi connectivity index (χ2n) is 7.01. The summed E-state index contributed by atoms with van der Waals surface area (Å²) in [6.45, 7) is 6.44. The van der Waals surface area contributed by atoms with Crippen LogP contribution in [0.5, 0.6) is 0 Å². The molecule has 2 N–H and O–H groups in total. The number of aryl methyl sites for hydroxylation is 1. The summed E-state index contributed by atoms with van der Waals surface area (Å²) < 4.78 is 0. The highest BCUT2D eigenvalue weighted by Gasteiger charge is 2.10. The third-order valence-corrected chi connectivity index (χ3v) is 5.17. The number of nitrogens with zero attached hydrogens (tertiary/aromatic N) is 1. The highest BCUT2D eigenvalue weighted by molar-refractivity contribution is 7.80. The van der Waals surface area contributed by atoms with Gasteiger partial charge in [0.2, 0.25) is 0 Å². The molecule has 0 amide bonds. The molecule has 0 spiro atoms. The van der Waals surface area contributed by atoms with Crippen molar-refractivity contribution in [3.05, 3.63) is 65.2 Å². The highest BCUT2D eigenvalue weighted by Crippen LogP contribution is 2.14. The van der Waals surface area contributed by atoms with E-state index in [4.69, 9.17) is 12.2 Å². The molecule has 3 rings (SSSR count). The molecule has 0 atom stereocenters. The minimum atomic E-state index is 0.663. The Morgan fingerprint density at radius 1 is 0.962 bits per heavy atom. The van der Waals surface area contributed by atoms with Gasteiger partial charge in [0.15, 0.2) is 5.11 Å². The van der Waals surface area contributed by atoms with Crippen molar-refractivity contribution >= 4 is 23.0 Å². The molecule has 0 radical (unpaired) electrons. The summed E-state index contributed by atoms with van der Waals surface area (Å²) in [5.41, 5.74) is 4.99. The van der Waals surface area contributed by atoms with Crippen molar-refractivity contribution in [3.63, 3.8) is 0 Å². The minimum absolute atomic E-state index is 0.663. The normalized spacial score (nSPS) is 14.8. The van der Waals surface area contributed by atoms with Crippen molar-refractivity contribution in [1.29, 1.82) is 0 Å². The quantitative estimate of drug-likeness (QED) is 0.722. The van der Waals surface area contributed by atoms with Crippen LogP contribution >= 0.6 is 12.2 Å². The molecule has 2 aromatic rings.